The van der Waals surface area contributed by atoms with Gasteiger partial charge in [-0.05, 0) is 12.8 Å². The summed E-state index contributed by atoms with van der Waals surface area (Å²) in [6, 6.07) is 1.07. The van der Waals surface area contributed by atoms with E-state index < -0.39 is 22.2 Å². The third-order valence-corrected chi connectivity index (χ3v) is 3.37. The molecule has 2 atom stereocenters. The number of nitro groups is 1. The van der Waals surface area contributed by atoms with Crippen LogP contribution in [0.3, 0.4) is 0 Å². The molecule has 0 unspecified atom stereocenters. The zero-order chi connectivity index (χ0) is 14.0. The molecule has 0 radical (unpaired) electrons. The molecule has 0 aromatic heterocycles. The van der Waals surface area contributed by atoms with Crippen LogP contribution < -0.4 is 11.1 Å². The number of anilines is 1. The number of rotatable bonds is 3. The van der Waals surface area contributed by atoms with E-state index in [1.807, 2.05) is 0 Å². The maximum Gasteiger partial charge on any atom is 0.327 e. The van der Waals surface area contributed by atoms with Crippen molar-refractivity contribution in [3.8, 4) is 0 Å². The Kier molecular flexibility index (Phi) is 3.94. The van der Waals surface area contributed by atoms with Crippen molar-refractivity contribution in [2.45, 2.75) is 37.8 Å². The van der Waals surface area contributed by atoms with E-state index >= 15 is 0 Å². The minimum atomic E-state index is -1.18. The van der Waals surface area contributed by atoms with Crippen molar-refractivity contribution < 1.29 is 13.7 Å². The van der Waals surface area contributed by atoms with Crippen molar-refractivity contribution in [3.05, 3.63) is 33.9 Å². The summed E-state index contributed by atoms with van der Waals surface area (Å²) in [7, 11) is 0. The maximum atomic E-state index is 13.5. The molecular formula is C12H15F2N3O2. The van der Waals surface area contributed by atoms with Gasteiger partial charge in [0, 0.05) is 24.2 Å². The zero-order valence-electron chi connectivity index (χ0n) is 10.2. The van der Waals surface area contributed by atoms with Crippen molar-refractivity contribution in [3.63, 3.8) is 0 Å². The SMILES string of the molecule is N[C@@H]1CCCC[C@H]1Nc1cc(F)cc(F)c1[N+](=O)[O-]. The molecule has 1 aliphatic rings. The van der Waals surface area contributed by atoms with Crippen molar-refractivity contribution in [2.24, 2.45) is 5.73 Å². The molecular weight excluding hydrogens is 256 g/mol. The van der Waals surface area contributed by atoms with Gasteiger partial charge < -0.3 is 11.1 Å². The van der Waals surface area contributed by atoms with Gasteiger partial charge in [0.2, 0.25) is 5.82 Å². The van der Waals surface area contributed by atoms with Gasteiger partial charge in [0.1, 0.15) is 11.5 Å². The molecule has 2 rings (SSSR count). The lowest BCUT2D eigenvalue weighted by Crippen LogP contribution is -2.42. The summed E-state index contributed by atoms with van der Waals surface area (Å²) in [5.41, 5.74) is 5.02. The zero-order valence-corrected chi connectivity index (χ0v) is 10.2. The fraction of sp³-hybridized carbons (Fsp3) is 0.500. The van der Waals surface area contributed by atoms with E-state index in [2.05, 4.69) is 5.32 Å². The van der Waals surface area contributed by atoms with Crippen LogP contribution in [0.2, 0.25) is 0 Å². The van der Waals surface area contributed by atoms with E-state index in [1.165, 1.54) is 0 Å². The molecule has 0 bridgehead atoms. The number of halogens is 2. The van der Waals surface area contributed by atoms with Gasteiger partial charge >= 0.3 is 5.69 Å². The molecule has 5 nitrogen and oxygen atoms in total. The number of nitro benzene ring substituents is 1. The van der Waals surface area contributed by atoms with Gasteiger partial charge in [-0.3, -0.25) is 10.1 Å². The van der Waals surface area contributed by atoms with Crippen LogP contribution in [-0.4, -0.2) is 17.0 Å². The number of nitrogens with two attached hydrogens (primary N) is 1. The van der Waals surface area contributed by atoms with Gasteiger partial charge in [0.15, 0.2) is 0 Å². The summed E-state index contributed by atoms with van der Waals surface area (Å²) in [5.74, 6) is -2.04. The summed E-state index contributed by atoms with van der Waals surface area (Å²) in [5, 5.41) is 13.7. The highest BCUT2D eigenvalue weighted by Gasteiger charge is 2.27. The summed E-state index contributed by atoms with van der Waals surface area (Å²) < 4.78 is 26.6. The van der Waals surface area contributed by atoms with Crippen LogP contribution >= 0.6 is 0 Å². The quantitative estimate of drug-likeness (QED) is 0.654. The van der Waals surface area contributed by atoms with E-state index in [9.17, 15) is 18.9 Å². The van der Waals surface area contributed by atoms with Crippen molar-refractivity contribution in [2.75, 3.05) is 5.32 Å². The second-order valence-corrected chi connectivity index (χ2v) is 4.74. The Bertz CT molecular complexity index is 496. The van der Waals surface area contributed by atoms with Crippen LogP contribution in [0.1, 0.15) is 25.7 Å². The van der Waals surface area contributed by atoms with E-state index in [0.29, 0.717) is 6.07 Å². The van der Waals surface area contributed by atoms with E-state index in [0.717, 1.165) is 31.7 Å². The molecule has 3 N–H and O–H groups in total. The number of hydrogen-bond acceptors (Lipinski definition) is 4. The predicted molar refractivity (Wildman–Crippen MR) is 66.9 cm³/mol. The molecule has 1 saturated carbocycles. The minimum Gasteiger partial charge on any atom is -0.375 e. The first-order valence-electron chi connectivity index (χ1n) is 6.14. The fourth-order valence-corrected chi connectivity index (χ4v) is 2.40. The largest absolute Gasteiger partial charge is 0.375 e. The highest BCUT2D eigenvalue weighted by molar-refractivity contribution is 5.62. The van der Waals surface area contributed by atoms with Crippen LogP contribution in [0.4, 0.5) is 20.2 Å². The molecule has 1 aliphatic carbocycles. The molecule has 7 heteroatoms. The molecule has 1 fully saturated rings. The normalized spacial score (nSPS) is 23.1. The Morgan fingerprint density at radius 2 is 2.00 bits per heavy atom. The van der Waals surface area contributed by atoms with Crippen LogP contribution in [0.15, 0.2) is 12.1 Å². The second-order valence-electron chi connectivity index (χ2n) is 4.74. The topological polar surface area (TPSA) is 81.2 Å². The molecule has 0 saturated heterocycles. The smallest absolute Gasteiger partial charge is 0.327 e. The van der Waals surface area contributed by atoms with Crippen LogP contribution in [0.25, 0.3) is 0 Å². The Labute approximate surface area is 108 Å². The van der Waals surface area contributed by atoms with Gasteiger partial charge in [0.05, 0.1) is 4.92 Å². The average Bonchev–Trinajstić information content (AvgIpc) is 2.30. The maximum absolute atomic E-state index is 13.5. The van der Waals surface area contributed by atoms with Gasteiger partial charge in [-0.1, -0.05) is 12.8 Å². The van der Waals surface area contributed by atoms with E-state index in [4.69, 9.17) is 5.73 Å². The van der Waals surface area contributed by atoms with Crippen LogP contribution in [-0.2, 0) is 0 Å². The molecule has 0 aliphatic heterocycles. The first kappa shape index (κ1) is 13.7. The molecule has 1 aromatic carbocycles. The van der Waals surface area contributed by atoms with Gasteiger partial charge in [0.25, 0.3) is 0 Å². The molecule has 0 amide bonds. The molecule has 104 valence electrons. The fourth-order valence-electron chi connectivity index (χ4n) is 2.40. The lowest BCUT2D eigenvalue weighted by atomic mass is 9.91. The number of nitrogens with zero attached hydrogens (tertiary/aromatic N) is 1. The summed E-state index contributed by atoms with van der Waals surface area (Å²) >= 11 is 0. The highest BCUT2D eigenvalue weighted by Crippen LogP contribution is 2.31. The molecule has 1 aromatic rings. The van der Waals surface area contributed by atoms with Crippen LogP contribution in [0, 0.1) is 21.7 Å². The third-order valence-electron chi connectivity index (χ3n) is 3.37. The van der Waals surface area contributed by atoms with Crippen molar-refractivity contribution in [1.82, 2.24) is 0 Å². The molecule has 0 spiro atoms. The van der Waals surface area contributed by atoms with Crippen molar-refractivity contribution in [1.29, 1.82) is 0 Å². The minimum absolute atomic E-state index is 0.148. The second kappa shape index (κ2) is 5.48. The van der Waals surface area contributed by atoms with Gasteiger partial charge in [-0.15, -0.1) is 0 Å². The summed E-state index contributed by atoms with van der Waals surface area (Å²) in [6.07, 6.45) is 3.47. The lowest BCUT2D eigenvalue weighted by molar-refractivity contribution is -0.386. The monoisotopic (exact) mass is 271 g/mol. The van der Waals surface area contributed by atoms with Crippen LogP contribution in [0.5, 0.6) is 0 Å². The Morgan fingerprint density at radius 3 is 2.63 bits per heavy atom. The Morgan fingerprint density at radius 1 is 1.32 bits per heavy atom. The predicted octanol–water partition coefficient (Wildman–Crippen LogP) is 2.55. The number of benzene rings is 1. The third kappa shape index (κ3) is 2.98. The van der Waals surface area contributed by atoms with Crippen molar-refractivity contribution >= 4 is 11.4 Å². The first-order valence-corrected chi connectivity index (χ1v) is 6.14. The Balaban J connectivity index is 2.30. The first-order chi connectivity index (χ1) is 8.99. The van der Waals surface area contributed by atoms with E-state index in [-0.39, 0.29) is 17.8 Å². The highest BCUT2D eigenvalue weighted by atomic mass is 19.1. The summed E-state index contributed by atoms with van der Waals surface area (Å²) in [6.45, 7) is 0. The standard InChI is InChI=1S/C12H15F2N3O2/c13-7-5-8(14)12(17(18)19)11(6-7)16-10-4-2-1-3-9(10)15/h5-6,9-10,16H,1-4,15H2/t9-,10-/m1/s1. The van der Waals surface area contributed by atoms with Gasteiger partial charge in [-0.25, -0.2) is 4.39 Å². The summed E-state index contributed by atoms with van der Waals surface area (Å²) in [4.78, 5) is 9.99. The Hall–Kier alpha value is -1.76. The molecule has 19 heavy (non-hydrogen) atoms. The van der Waals surface area contributed by atoms with Gasteiger partial charge in [-0.2, -0.15) is 4.39 Å². The lowest BCUT2D eigenvalue weighted by Gasteiger charge is -2.30. The van der Waals surface area contributed by atoms with E-state index in [1.54, 1.807) is 0 Å². The average molecular weight is 271 g/mol. The molecule has 0 heterocycles. The number of hydrogen-bond donors (Lipinski definition) is 2. The number of nitrogens with one attached hydrogen (secondary N) is 1.